The quantitative estimate of drug-likeness (QED) is 0.435. The standard InChI is InChI=1S/C12H17N5O5/c1-4(19)10-16-6-9(13)14-3-15-11(6)17(10)12-8(21)7(20)5(2-18)22-12/h3-5,7-8,12,18-21H,2H2,1H3,(H2,13,14,15). The molecule has 0 bridgehead atoms. The number of nitrogens with two attached hydrogens (primary N) is 1. The number of anilines is 1. The average Bonchev–Trinajstić information content (AvgIpc) is 3.00. The van der Waals surface area contributed by atoms with Crippen LogP contribution in [0.2, 0.25) is 0 Å². The highest BCUT2D eigenvalue weighted by atomic mass is 16.6. The van der Waals surface area contributed by atoms with Gasteiger partial charge in [-0.3, -0.25) is 4.57 Å². The van der Waals surface area contributed by atoms with E-state index in [1.165, 1.54) is 17.8 Å². The zero-order valence-corrected chi connectivity index (χ0v) is 11.7. The summed E-state index contributed by atoms with van der Waals surface area (Å²) in [5.41, 5.74) is 6.27. The van der Waals surface area contributed by atoms with E-state index < -0.39 is 37.3 Å². The maximum Gasteiger partial charge on any atom is 0.167 e. The lowest BCUT2D eigenvalue weighted by atomic mass is 10.1. The van der Waals surface area contributed by atoms with Crippen LogP contribution in [0.25, 0.3) is 11.2 Å². The molecule has 10 nitrogen and oxygen atoms in total. The van der Waals surface area contributed by atoms with E-state index in [1.807, 2.05) is 0 Å². The molecule has 5 atom stereocenters. The van der Waals surface area contributed by atoms with Crippen LogP contribution in [-0.2, 0) is 4.74 Å². The predicted molar refractivity (Wildman–Crippen MR) is 73.4 cm³/mol. The Bertz CT molecular complexity index is 690. The number of aromatic nitrogens is 4. The van der Waals surface area contributed by atoms with Crippen molar-refractivity contribution in [1.82, 2.24) is 19.5 Å². The van der Waals surface area contributed by atoms with Crippen LogP contribution in [-0.4, -0.2) is 64.9 Å². The van der Waals surface area contributed by atoms with Crippen molar-refractivity contribution in [2.24, 2.45) is 0 Å². The number of hydrogen-bond acceptors (Lipinski definition) is 9. The van der Waals surface area contributed by atoms with Gasteiger partial charge in [-0.05, 0) is 6.92 Å². The summed E-state index contributed by atoms with van der Waals surface area (Å²) in [5.74, 6) is 0.287. The molecule has 10 heteroatoms. The number of nitrogen functional groups attached to an aromatic ring is 1. The van der Waals surface area contributed by atoms with Crippen LogP contribution in [0.4, 0.5) is 5.82 Å². The molecule has 1 saturated heterocycles. The maximum absolute atomic E-state index is 10.2. The number of hydrogen-bond donors (Lipinski definition) is 5. The largest absolute Gasteiger partial charge is 0.394 e. The Hall–Kier alpha value is -1.85. The second-order valence-electron chi connectivity index (χ2n) is 5.18. The van der Waals surface area contributed by atoms with Crippen LogP contribution >= 0.6 is 0 Å². The van der Waals surface area contributed by atoms with Crippen LogP contribution in [0.5, 0.6) is 0 Å². The van der Waals surface area contributed by atoms with Crippen molar-refractivity contribution in [3.8, 4) is 0 Å². The van der Waals surface area contributed by atoms with E-state index in [0.717, 1.165) is 0 Å². The summed E-state index contributed by atoms with van der Waals surface area (Å²) in [6, 6.07) is 0. The average molecular weight is 311 g/mol. The number of fused-ring (bicyclic) bond motifs is 1. The highest BCUT2D eigenvalue weighted by Crippen LogP contribution is 2.34. The van der Waals surface area contributed by atoms with Crippen LogP contribution in [0.3, 0.4) is 0 Å². The monoisotopic (exact) mass is 311 g/mol. The second kappa shape index (κ2) is 5.41. The van der Waals surface area contributed by atoms with Crippen molar-refractivity contribution in [2.45, 2.75) is 37.6 Å². The summed E-state index contributed by atoms with van der Waals surface area (Å²) < 4.78 is 6.84. The van der Waals surface area contributed by atoms with Crippen LogP contribution in [0.15, 0.2) is 6.33 Å². The van der Waals surface area contributed by atoms with E-state index in [0.29, 0.717) is 0 Å². The number of rotatable bonds is 3. The van der Waals surface area contributed by atoms with Gasteiger partial charge in [-0.15, -0.1) is 0 Å². The molecule has 2 aromatic rings. The molecule has 22 heavy (non-hydrogen) atoms. The number of aliphatic hydroxyl groups excluding tert-OH is 4. The first kappa shape index (κ1) is 15.1. The lowest BCUT2D eigenvalue weighted by molar-refractivity contribution is -0.0543. The molecule has 3 rings (SSSR count). The van der Waals surface area contributed by atoms with Crippen LogP contribution in [0.1, 0.15) is 25.1 Å². The highest BCUT2D eigenvalue weighted by molar-refractivity contribution is 5.82. The Morgan fingerprint density at radius 2 is 2.09 bits per heavy atom. The van der Waals surface area contributed by atoms with E-state index in [1.54, 1.807) is 0 Å². The fraction of sp³-hybridized carbons (Fsp3) is 0.583. The minimum absolute atomic E-state index is 0.123. The normalized spacial score (nSPS) is 30.0. The molecule has 0 saturated carbocycles. The van der Waals surface area contributed by atoms with Crippen molar-refractivity contribution in [3.05, 3.63) is 12.2 Å². The van der Waals surface area contributed by atoms with Crippen molar-refractivity contribution >= 4 is 17.0 Å². The van der Waals surface area contributed by atoms with Gasteiger partial charge in [-0.25, -0.2) is 15.0 Å². The number of aliphatic hydroxyl groups is 4. The van der Waals surface area contributed by atoms with E-state index >= 15 is 0 Å². The van der Waals surface area contributed by atoms with Crippen molar-refractivity contribution < 1.29 is 25.2 Å². The first-order valence-corrected chi connectivity index (χ1v) is 6.74. The van der Waals surface area contributed by atoms with Gasteiger partial charge in [0.25, 0.3) is 0 Å². The van der Waals surface area contributed by atoms with Gasteiger partial charge in [0.15, 0.2) is 23.2 Å². The van der Waals surface area contributed by atoms with Gasteiger partial charge < -0.3 is 30.9 Å². The summed E-state index contributed by atoms with van der Waals surface area (Å²) in [6.45, 7) is 1.03. The molecule has 5 unspecified atom stereocenters. The molecule has 6 N–H and O–H groups in total. The van der Waals surface area contributed by atoms with Crippen LogP contribution < -0.4 is 5.73 Å². The van der Waals surface area contributed by atoms with E-state index in [2.05, 4.69) is 15.0 Å². The zero-order chi connectivity index (χ0) is 16.0. The van der Waals surface area contributed by atoms with Gasteiger partial charge in [-0.2, -0.15) is 0 Å². The lowest BCUT2D eigenvalue weighted by Crippen LogP contribution is -2.33. The molecule has 2 aromatic heterocycles. The van der Waals surface area contributed by atoms with Gasteiger partial charge in [0.05, 0.1) is 6.61 Å². The van der Waals surface area contributed by atoms with Crippen molar-refractivity contribution in [3.63, 3.8) is 0 Å². The summed E-state index contributed by atoms with van der Waals surface area (Å²) in [6.07, 6.45) is -4.36. The van der Waals surface area contributed by atoms with Gasteiger partial charge in [0, 0.05) is 0 Å². The topological polar surface area (TPSA) is 160 Å². The van der Waals surface area contributed by atoms with Crippen molar-refractivity contribution in [1.29, 1.82) is 0 Å². The maximum atomic E-state index is 10.2. The fourth-order valence-corrected chi connectivity index (χ4v) is 2.58. The molecule has 3 heterocycles. The Morgan fingerprint density at radius 3 is 2.68 bits per heavy atom. The summed E-state index contributed by atoms with van der Waals surface area (Å²) in [4.78, 5) is 12.1. The third-order valence-electron chi connectivity index (χ3n) is 3.68. The minimum Gasteiger partial charge on any atom is -0.394 e. The lowest BCUT2D eigenvalue weighted by Gasteiger charge is -2.20. The molecule has 0 aliphatic carbocycles. The van der Waals surface area contributed by atoms with Gasteiger partial charge >= 0.3 is 0 Å². The smallest absolute Gasteiger partial charge is 0.167 e. The first-order valence-electron chi connectivity index (χ1n) is 6.74. The molecule has 0 spiro atoms. The second-order valence-corrected chi connectivity index (χ2v) is 5.18. The first-order chi connectivity index (χ1) is 10.5. The molecule has 0 amide bonds. The van der Waals surface area contributed by atoms with Gasteiger partial charge in [-0.1, -0.05) is 0 Å². The Balaban J connectivity index is 2.17. The molecule has 1 aliphatic rings. The predicted octanol–water partition coefficient (Wildman–Crippen LogP) is -1.93. The minimum atomic E-state index is -1.32. The Morgan fingerprint density at radius 1 is 1.36 bits per heavy atom. The van der Waals surface area contributed by atoms with E-state index in [9.17, 15) is 20.4 Å². The SMILES string of the molecule is CC(O)c1nc2c(N)ncnc2n1C1OC(CO)C(O)C1O. The van der Waals surface area contributed by atoms with E-state index in [4.69, 9.17) is 10.5 Å². The molecule has 1 aliphatic heterocycles. The fourth-order valence-electron chi connectivity index (χ4n) is 2.58. The van der Waals surface area contributed by atoms with Gasteiger partial charge in [0.2, 0.25) is 0 Å². The zero-order valence-electron chi connectivity index (χ0n) is 11.7. The van der Waals surface area contributed by atoms with Gasteiger partial charge in [0.1, 0.15) is 36.6 Å². The molecular formula is C12H17N5O5. The van der Waals surface area contributed by atoms with Crippen LogP contribution in [0, 0.1) is 0 Å². The molecule has 0 aromatic carbocycles. The Labute approximate surface area is 124 Å². The number of nitrogens with zero attached hydrogens (tertiary/aromatic N) is 4. The molecular weight excluding hydrogens is 294 g/mol. The number of ether oxygens (including phenoxy) is 1. The highest BCUT2D eigenvalue weighted by Gasteiger charge is 2.45. The Kier molecular flexibility index (Phi) is 3.70. The summed E-state index contributed by atoms with van der Waals surface area (Å²) in [7, 11) is 0. The molecule has 120 valence electrons. The molecule has 1 fully saturated rings. The summed E-state index contributed by atoms with van der Waals surface area (Å²) >= 11 is 0. The van der Waals surface area contributed by atoms with E-state index in [-0.39, 0.29) is 22.8 Å². The number of imidazole rings is 1. The van der Waals surface area contributed by atoms with Crippen molar-refractivity contribution in [2.75, 3.05) is 12.3 Å². The molecule has 0 radical (unpaired) electrons. The third kappa shape index (κ3) is 2.12. The summed E-state index contributed by atoms with van der Waals surface area (Å²) in [5, 5.41) is 39.2. The third-order valence-corrected chi connectivity index (χ3v) is 3.68.